The molecule has 8 nitrogen and oxygen atoms in total. The number of rotatable bonds is 18. The van der Waals surface area contributed by atoms with Crippen LogP contribution in [-0.4, -0.2) is 61.6 Å². The van der Waals surface area contributed by atoms with E-state index in [0.717, 1.165) is 46.4 Å². The minimum atomic E-state index is -1.45. The van der Waals surface area contributed by atoms with Gasteiger partial charge in [-0.1, -0.05) is 121 Å². The van der Waals surface area contributed by atoms with Gasteiger partial charge in [-0.15, -0.1) is 0 Å². The van der Waals surface area contributed by atoms with Crippen LogP contribution in [0.1, 0.15) is 46.2 Å². The highest BCUT2D eigenvalue weighted by atomic mass is 35.5. The Bertz CT molecular complexity index is 1960. The van der Waals surface area contributed by atoms with E-state index in [1.807, 2.05) is 133 Å². The molecule has 1 aliphatic carbocycles. The Morgan fingerprint density at radius 1 is 0.636 bits per heavy atom. The van der Waals surface area contributed by atoms with Crippen LogP contribution in [0.2, 0.25) is 5.02 Å². The van der Waals surface area contributed by atoms with Crippen LogP contribution < -0.4 is 4.74 Å². The first-order valence-electron chi connectivity index (χ1n) is 19.1. The highest BCUT2D eigenvalue weighted by Gasteiger charge is 2.69. The highest BCUT2D eigenvalue weighted by Crippen LogP contribution is 2.53. The van der Waals surface area contributed by atoms with Crippen LogP contribution in [0.5, 0.6) is 5.75 Å². The summed E-state index contributed by atoms with van der Waals surface area (Å²) in [6.45, 7) is 1.65. The van der Waals surface area contributed by atoms with Crippen LogP contribution in [0.3, 0.4) is 0 Å². The van der Waals surface area contributed by atoms with Crippen LogP contribution in [-0.2, 0) is 60.4 Å². The normalized spacial score (nSPS) is 24.5. The molecular formula is C46H47ClO8. The molecule has 5 aromatic carbocycles. The van der Waals surface area contributed by atoms with Gasteiger partial charge in [0, 0.05) is 10.6 Å². The van der Waals surface area contributed by atoms with Gasteiger partial charge < -0.3 is 38.3 Å². The topological polar surface area (TPSA) is 84.8 Å². The monoisotopic (exact) mass is 762 g/mol. The summed E-state index contributed by atoms with van der Waals surface area (Å²) >= 11 is 6.90. The molecule has 1 saturated carbocycles. The summed E-state index contributed by atoms with van der Waals surface area (Å²) < 4.78 is 45.9. The zero-order chi connectivity index (χ0) is 37.5. The molecule has 8 rings (SSSR count). The van der Waals surface area contributed by atoms with Crippen molar-refractivity contribution in [3.05, 3.63) is 172 Å². The van der Waals surface area contributed by atoms with E-state index in [1.54, 1.807) is 0 Å². The zero-order valence-corrected chi connectivity index (χ0v) is 31.5. The first-order chi connectivity index (χ1) is 27.0. The second kappa shape index (κ2) is 17.4. The van der Waals surface area contributed by atoms with Gasteiger partial charge in [-0.05, 0) is 71.3 Å². The summed E-state index contributed by atoms with van der Waals surface area (Å²) in [6.07, 6.45) is 0.997. The number of hydrogen-bond acceptors (Lipinski definition) is 8. The van der Waals surface area contributed by atoms with Crippen molar-refractivity contribution in [3.8, 4) is 5.75 Å². The van der Waals surface area contributed by atoms with Gasteiger partial charge in [0.1, 0.15) is 36.3 Å². The van der Waals surface area contributed by atoms with Crippen molar-refractivity contribution in [1.82, 2.24) is 0 Å². The van der Waals surface area contributed by atoms with Crippen molar-refractivity contribution in [2.24, 2.45) is 0 Å². The van der Waals surface area contributed by atoms with E-state index in [9.17, 15) is 5.11 Å². The lowest BCUT2D eigenvalue weighted by atomic mass is 9.83. The minimum Gasteiger partial charge on any atom is -0.491 e. The van der Waals surface area contributed by atoms with E-state index < -0.39 is 29.7 Å². The summed E-state index contributed by atoms with van der Waals surface area (Å²) in [5.41, 5.74) is 4.38. The molecule has 3 aliphatic rings. The molecule has 1 unspecified atom stereocenters. The van der Waals surface area contributed by atoms with Crippen LogP contribution in [0.4, 0.5) is 0 Å². The Labute approximate surface area is 327 Å². The smallest absolute Gasteiger partial charge is 0.225 e. The maximum absolute atomic E-state index is 11.2. The third-order valence-corrected chi connectivity index (χ3v) is 10.8. The number of ether oxygens (including phenoxy) is 7. The fraction of sp³-hybridized carbons (Fsp3) is 0.348. The lowest BCUT2D eigenvalue weighted by molar-refractivity contribution is -0.353. The molecule has 2 heterocycles. The summed E-state index contributed by atoms with van der Waals surface area (Å²) in [6, 6.07) is 43.8. The number of aliphatic hydroxyl groups excluding tert-OH is 1. The van der Waals surface area contributed by atoms with E-state index in [-0.39, 0.29) is 26.4 Å². The largest absolute Gasteiger partial charge is 0.491 e. The molecular weight excluding hydrogens is 716 g/mol. The summed E-state index contributed by atoms with van der Waals surface area (Å²) in [5, 5.41) is 11.8. The van der Waals surface area contributed by atoms with Gasteiger partial charge in [0.05, 0.1) is 45.7 Å². The Morgan fingerprint density at radius 3 is 1.84 bits per heavy atom. The summed E-state index contributed by atoms with van der Waals surface area (Å²) in [5.74, 6) is -0.661. The number of halogens is 1. The molecule has 5 atom stereocenters. The average molecular weight is 763 g/mol. The van der Waals surface area contributed by atoms with E-state index in [0.29, 0.717) is 42.9 Å². The van der Waals surface area contributed by atoms with Crippen molar-refractivity contribution in [2.75, 3.05) is 26.4 Å². The molecule has 1 N–H and O–H groups in total. The molecule has 286 valence electrons. The lowest BCUT2D eigenvalue weighted by Gasteiger charge is -2.50. The molecule has 2 saturated heterocycles. The van der Waals surface area contributed by atoms with Crippen molar-refractivity contribution in [2.45, 2.75) is 74.9 Å². The first-order valence-corrected chi connectivity index (χ1v) is 19.5. The number of aliphatic hydroxyl groups is 1. The fourth-order valence-electron chi connectivity index (χ4n) is 7.39. The first kappa shape index (κ1) is 37.8. The summed E-state index contributed by atoms with van der Waals surface area (Å²) in [4.78, 5) is 0. The number of fused-ring (bicyclic) bond motifs is 2. The Morgan fingerprint density at radius 2 is 1.24 bits per heavy atom. The molecule has 2 bridgehead atoms. The molecule has 0 aromatic heterocycles. The molecule has 3 fully saturated rings. The van der Waals surface area contributed by atoms with Gasteiger partial charge in [-0.25, -0.2) is 0 Å². The van der Waals surface area contributed by atoms with E-state index in [1.165, 1.54) is 0 Å². The van der Waals surface area contributed by atoms with E-state index >= 15 is 0 Å². The minimum absolute atomic E-state index is 0.0600. The average Bonchev–Trinajstić information content (AvgIpc) is 4.00. The molecule has 0 spiro atoms. The Kier molecular flexibility index (Phi) is 11.9. The summed E-state index contributed by atoms with van der Waals surface area (Å²) in [7, 11) is 0. The van der Waals surface area contributed by atoms with Gasteiger partial charge in [-0.2, -0.15) is 0 Å². The van der Waals surface area contributed by atoms with Gasteiger partial charge >= 0.3 is 0 Å². The van der Waals surface area contributed by atoms with E-state index in [2.05, 4.69) is 0 Å². The second-order valence-electron chi connectivity index (χ2n) is 14.5. The van der Waals surface area contributed by atoms with Crippen molar-refractivity contribution >= 4 is 11.6 Å². The molecule has 2 aliphatic heterocycles. The van der Waals surface area contributed by atoms with Crippen LogP contribution in [0.15, 0.2) is 133 Å². The second-order valence-corrected chi connectivity index (χ2v) is 14.9. The predicted octanol–water partition coefficient (Wildman–Crippen LogP) is 8.19. The number of benzene rings is 5. The quantitative estimate of drug-likeness (QED) is 0.0896. The standard InChI is InChI=1S/C46H47ClO8/c47-41-23-18-38(27-37(41)26-33-16-19-39(20-17-33)49-24-25-50-40-21-22-40)46-44(53-30-36-14-8-3-9-15-36)42(51-28-34-10-4-1-5-11-34)43(45(31-48,55-46)32-54-46)52-29-35-12-6-2-7-13-35/h1-20,23,27,40,42-44,48H,21-22,24-26,28-32H2/t42-,43-,44+,45?,46+/m0/s1. The number of hydrogen-bond donors (Lipinski definition) is 1. The Hall–Kier alpha value is -4.09. The van der Waals surface area contributed by atoms with Crippen molar-refractivity contribution in [3.63, 3.8) is 0 Å². The van der Waals surface area contributed by atoms with Crippen LogP contribution >= 0.6 is 11.6 Å². The lowest BCUT2D eigenvalue weighted by Crippen LogP contribution is -2.67. The highest BCUT2D eigenvalue weighted by molar-refractivity contribution is 6.31. The Balaban J connectivity index is 1.11. The van der Waals surface area contributed by atoms with Crippen molar-refractivity contribution in [1.29, 1.82) is 0 Å². The van der Waals surface area contributed by atoms with Gasteiger partial charge in [0.25, 0.3) is 0 Å². The van der Waals surface area contributed by atoms with Crippen LogP contribution in [0.25, 0.3) is 0 Å². The fourth-order valence-corrected chi connectivity index (χ4v) is 7.58. The third kappa shape index (κ3) is 8.83. The van der Waals surface area contributed by atoms with Crippen molar-refractivity contribution < 1.29 is 38.3 Å². The van der Waals surface area contributed by atoms with Gasteiger partial charge in [0.2, 0.25) is 5.79 Å². The van der Waals surface area contributed by atoms with Crippen LogP contribution in [0, 0.1) is 0 Å². The SMILES string of the molecule is OCC12CO[C@](c3ccc(Cl)c(Cc4ccc(OCCOC5CC5)cc4)c3)(O1)[C@H](OCc1ccccc1)[C@@H](OCc1ccccc1)[C@@H]2OCc1ccccc1. The molecule has 0 radical (unpaired) electrons. The molecule has 0 amide bonds. The van der Waals surface area contributed by atoms with E-state index in [4.69, 9.17) is 44.8 Å². The molecule has 9 heteroatoms. The maximum atomic E-state index is 11.2. The zero-order valence-electron chi connectivity index (χ0n) is 30.8. The molecule has 5 aromatic rings. The van der Waals surface area contributed by atoms with Gasteiger partial charge in [0.15, 0.2) is 0 Å². The predicted molar refractivity (Wildman–Crippen MR) is 209 cm³/mol. The van der Waals surface area contributed by atoms with Gasteiger partial charge in [-0.3, -0.25) is 0 Å². The third-order valence-electron chi connectivity index (χ3n) is 10.5. The molecule has 55 heavy (non-hydrogen) atoms. The maximum Gasteiger partial charge on any atom is 0.225 e.